The van der Waals surface area contributed by atoms with E-state index in [0.29, 0.717) is 32.3 Å². The molecule has 5 heteroatoms. The van der Waals surface area contributed by atoms with Crippen molar-refractivity contribution in [1.82, 2.24) is 5.32 Å². The number of carbonyl (C=O) groups excluding carboxylic acids is 1. The van der Waals surface area contributed by atoms with Gasteiger partial charge in [0.25, 0.3) is 0 Å². The van der Waals surface area contributed by atoms with E-state index in [-0.39, 0.29) is 11.6 Å². The second-order valence-electron chi connectivity index (χ2n) is 6.02. The molecule has 0 aromatic heterocycles. The van der Waals surface area contributed by atoms with Gasteiger partial charge in [-0.25, -0.2) is 0 Å². The summed E-state index contributed by atoms with van der Waals surface area (Å²) in [6, 6.07) is 0. The normalized spacial score (nSPS) is 29.7. The first-order valence-electron chi connectivity index (χ1n) is 6.11. The van der Waals surface area contributed by atoms with Crippen LogP contribution in [0.2, 0.25) is 0 Å². The standard InChI is InChI=1S/C12H22NO3.Tl/c1-11(2,3)16-10(15)13-12(4)7-5-9(14)6-8-12;/h9H,5-8H2,1-4H3,(H,13,15);/q-1;+1. The summed E-state index contributed by atoms with van der Waals surface area (Å²) < 4.78 is 10.8. The fourth-order valence-electron chi connectivity index (χ4n) is 2.04. The third kappa shape index (κ3) is 5.55. The fraction of sp³-hybridized carbons (Fsp3) is 0.917. The summed E-state index contributed by atoms with van der Waals surface area (Å²) in [5.74, 6) is 0. The second-order valence-corrected chi connectivity index (χ2v) is 7.08. The summed E-state index contributed by atoms with van der Waals surface area (Å²) in [5.41, 5.74) is -0.571. The number of alkyl carbamates (subject to hydrolysis) is 1. The molecule has 0 atom stereocenters. The quantitative estimate of drug-likeness (QED) is 0.681. The molecule has 0 aromatic carbocycles. The van der Waals surface area contributed by atoms with E-state index in [1.165, 1.54) is 0 Å². The van der Waals surface area contributed by atoms with Gasteiger partial charge in [0.15, 0.2) is 0 Å². The van der Waals surface area contributed by atoms with Gasteiger partial charge in [-0.3, -0.25) is 0 Å². The van der Waals surface area contributed by atoms with Gasteiger partial charge in [0.05, 0.1) is 0 Å². The number of nitrogens with one attached hydrogen (secondary N) is 1. The maximum atomic E-state index is 11.7. The Labute approximate surface area is 120 Å². The van der Waals surface area contributed by atoms with Gasteiger partial charge in [-0.15, -0.1) is 0 Å². The predicted octanol–water partition coefficient (Wildman–Crippen LogP) is 2.31. The van der Waals surface area contributed by atoms with Crippen molar-refractivity contribution in [3.05, 3.63) is 0 Å². The number of rotatable bonds is 2. The van der Waals surface area contributed by atoms with Crippen molar-refractivity contribution >= 4 is 32.3 Å². The molecule has 0 spiro atoms. The van der Waals surface area contributed by atoms with Crippen LogP contribution in [0.1, 0.15) is 53.4 Å². The zero-order valence-corrected chi connectivity index (χ0v) is 15.7. The summed E-state index contributed by atoms with van der Waals surface area (Å²) >= 11 is 0.605. The van der Waals surface area contributed by atoms with Crippen LogP contribution in [0.3, 0.4) is 0 Å². The molecule has 0 bridgehead atoms. The predicted molar refractivity (Wildman–Crippen MR) is 66.9 cm³/mol. The van der Waals surface area contributed by atoms with E-state index in [9.17, 15) is 4.79 Å². The van der Waals surface area contributed by atoms with Gasteiger partial charge < -0.3 is 0 Å². The van der Waals surface area contributed by atoms with Gasteiger partial charge in [-0.1, -0.05) is 0 Å². The molecule has 1 fully saturated rings. The average Bonchev–Trinajstić information content (AvgIpc) is 2.15. The number of hydrogen-bond acceptors (Lipinski definition) is 3. The third-order valence-corrected chi connectivity index (χ3v) is 4.53. The van der Waals surface area contributed by atoms with Gasteiger partial charge in [0.1, 0.15) is 0 Å². The van der Waals surface area contributed by atoms with E-state index < -0.39 is 5.60 Å². The number of amides is 1. The van der Waals surface area contributed by atoms with Crippen LogP contribution in [0, 0.1) is 0 Å². The molecule has 0 unspecified atom stereocenters. The molecule has 1 amide bonds. The van der Waals surface area contributed by atoms with Crippen LogP contribution >= 0.6 is 0 Å². The van der Waals surface area contributed by atoms with Gasteiger partial charge in [0, 0.05) is 0 Å². The fourth-order valence-corrected chi connectivity index (χ4v) is 3.10. The summed E-state index contributed by atoms with van der Waals surface area (Å²) in [4.78, 5) is 11.7. The van der Waals surface area contributed by atoms with Crippen LogP contribution in [0.25, 0.3) is 0 Å². The van der Waals surface area contributed by atoms with Crippen LogP contribution in [0.15, 0.2) is 0 Å². The van der Waals surface area contributed by atoms with Gasteiger partial charge >= 0.3 is 120 Å². The molecule has 0 radical (unpaired) electrons. The molecule has 0 saturated heterocycles. The summed E-state index contributed by atoms with van der Waals surface area (Å²) in [6.45, 7) is 7.72. The van der Waals surface area contributed by atoms with Crippen molar-refractivity contribution in [3.8, 4) is 0 Å². The molecular weight excluding hydrogens is 411 g/mol. The Morgan fingerprint density at radius 3 is 2.29 bits per heavy atom. The number of hydrogen-bond donors (Lipinski definition) is 1. The Morgan fingerprint density at radius 2 is 1.88 bits per heavy atom. The number of ether oxygens (including phenoxy) is 1. The number of carbonyl (C=O) groups is 1. The van der Waals surface area contributed by atoms with Gasteiger partial charge in [-0.05, 0) is 0 Å². The Morgan fingerprint density at radius 1 is 1.35 bits per heavy atom. The molecule has 1 aliphatic carbocycles. The van der Waals surface area contributed by atoms with Crippen LogP contribution in [0.5, 0.6) is 0 Å². The molecule has 96 valence electrons. The first kappa shape index (κ1) is 15.2. The van der Waals surface area contributed by atoms with Crippen molar-refractivity contribution in [3.63, 3.8) is 0 Å². The van der Waals surface area contributed by atoms with Gasteiger partial charge in [0.2, 0.25) is 0 Å². The first-order valence-corrected chi connectivity index (χ1v) is 7.94. The molecule has 0 aliphatic heterocycles. The van der Waals surface area contributed by atoms with Crippen molar-refractivity contribution < 1.29 is 12.2 Å². The molecule has 4 nitrogen and oxygen atoms in total. The molecule has 1 N–H and O–H groups in total. The van der Waals surface area contributed by atoms with E-state index in [1.807, 2.05) is 20.8 Å². The van der Waals surface area contributed by atoms with Crippen LogP contribution in [-0.4, -0.2) is 49.6 Å². The van der Waals surface area contributed by atoms with Crippen LogP contribution < -0.4 is 5.32 Å². The molecule has 1 rings (SSSR count). The molecule has 1 aliphatic rings. The van der Waals surface area contributed by atoms with E-state index in [2.05, 4.69) is 12.2 Å². The summed E-state index contributed by atoms with van der Waals surface area (Å²) in [7, 11) is 0. The molecule has 0 heterocycles. The monoisotopic (exact) mass is 433 g/mol. The third-order valence-electron chi connectivity index (χ3n) is 3.03. The first-order chi connectivity index (χ1) is 7.74. The SMILES string of the molecule is CC1(NC(=O)OC(C)(C)C)CCC([O][Tl])CC1. The maximum absolute atomic E-state index is 11.7. The molecule has 0 aromatic rings. The average molecular weight is 433 g/mol. The minimum atomic E-state index is -0.434. The van der Waals surface area contributed by atoms with E-state index in [1.54, 1.807) is 0 Å². The molecule has 1 saturated carbocycles. The van der Waals surface area contributed by atoms with E-state index in [4.69, 9.17) is 7.42 Å². The Hall–Kier alpha value is 0.152. The molecular formula is C12H22NO3Tl. The Kier molecular flexibility index (Phi) is 5.24. The Bertz CT molecular complexity index is 267. The summed E-state index contributed by atoms with van der Waals surface area (Å²) in [6.07, 6.45) is 4.08. The van der Waals surface area contributed by atoms with E-state index >= 15 is 0 Å². The zero-order chi connectivity index (χ0) is 13.1. The topological polar surface area (TPSA) is 47.6 Å². The minimum absolute atomic E-state index is 0.137. The zero-order valence-electron chi connectivity index (χ0n) is 11.2. The molecule has 17 heavy (non-hydrogen) atoms. The van der Waals surface area contributed by atoms with E-state index in [0.717, 1.165) is 25.7 Å². The van der Waals surface area contributed by atoms with Gasteiger partial charge in [-0.2, -0.15) is 0 Å². The van der Waals surface area contributed by atoms with Crippen molar-refractivity contribution in [1.29, 1.82) is 0 Å². The summed E-state index contributed by atoms with van der Waals surface area (Å²) in [5, 5.41) is 2.99. The van der Waals surface area contributed by atoms with Crippen molar-refractivity contribution in [2.45, 2.75) is 70.6 Å². The van der Waals surface area contributed by atoms with Crippen molar-refractivity contribution in [2.24, 2.45) is 0 Å². The van der Waals surface area contributed by atoms with Crippen molar-refractivity contribution in [2.75, 3.05) is 0 Å². The second kappa shape index (κ2) is 5.86. The van der Waals surface area contributed by atoms with Crippen LogP contribution in [0.4, 0.5) is 4.79 Å². The Balaban J connectivity index is 2.43. The van der Waals surface area contributed by atoms with Crippen LogP contribution in [-0.2, 0) is 7.42 Å².